The fourth-order valence-electron chi connectivity index (χ4n) is 5.67. The third-order valence-corrected chi connectivity index (χ3v) is 7.47. The predicted molar refractivity (Wildman–Crippen MR) is 135 cm³/mol. The first kappa shape index (κ1) is 23.0. The lowest BCUT2D eigenvalue weighted by atomic mass is 9.90. The molecule has 1 fully saturated rings. The number of hydrogen-bond acceptors (Lipinski definition) is 3. The van der Waals surface area contributed by atoms with Gasteiger partial charge in [-0.2, -0.15) is 0 Å². The molecule has 1 aromatic heterocycles. The Morgan fingerprint density at radius 2 is 1.68 bits per heavy atom. The van der Waals surface area contributed by atoms with Crippen LogP contribution in [0.5, 0.6) is 5.75 Å². The maximum Gasteiger partial charge on any atom is 0.256 e. The van der Waals surface area contributed by atoms with E-state index in [2.05, 4.69) is 23.3 Å². The van der Waals surface area contributed by atoms with Crippen LogP contribution in [0.4, 0.5) is 0 Å². The van der Waals surface area contributed by atoms with Crippen LogP contribution in [-0.4, -0.2) is 39.7 Å². The number of benzene rings is 2. The number of rotatable bonds is 5. The van der Waals surface area contributed by atoms with Crippen molar-refractivity contribution in [1.82, 2.24) is 9.47 Å². The van der Waals surface area contributed by atoms with Gasteiger partial charge >= 0.3 is 0 Å². The molecule has 2 heterocycles. The van der Waals surface area contributed by atoms with Gasteiger partial charge in [0.2, 0.25) is 0 Å². The number of fused-ring (bicyclic) bond motifs is 1. The van der Waals surface area contributed by atoms with Crippen molar-refractivity contribution < 1.29 is 14.6 Å². The quantitative estimate of drug-likeness (QED) is 0.471. The van der Waals surface area contributed by atoms with Crippen molar-refractivity contribution in [1.29, 1.82) is 0 Å². The average Bonchev–Trinajstić information content (AvgIpc) is 3.35. The van der Waals surface area contributed by atoms with Crippen molar-refractivity contribution in [3.63, 3.8) is 0 Å². The summed E-state index contributed by atoms with van der Waals surface area (Å²) in [6.45, 7) is 4.31. The maximum absolute atomic E-state index is 14.0. The molecule has 1 aliphatic carbocycles. The van der Waals surface area contributed by atoms with E-state index in [1.54, 1.807) is 7.11 Å². The van der Waals surface area contributed by atoms with Crippen LogP contribution in [0, 0.1) is 0 Å². The minimum Gasteiger partial charge on any atom is -0.496 e. The van der Waals surface area contributed by atoms with Gasteiger partial charge in [0.1, 0.15) is 5.75 Å². The summed E-state index contributed by atoms with van der Waals surface area (Å²) in [5.41, 5.74) is 4.79. The van der Waals surface area contributed by atoms with E-state index < -0.39 is 0 Å². The number of carbonyl (C=O) groups excluding carboxylic acids is 1. The average molecular weight is 479 g/mol. The molecular formula is C28H31ClN2O3. The van der Waals surface area contributed by atoms with Crippen molar-refractivity contribution in [2.75, 3.05) is 7.11 Å². The number of nitrogens with zero attached hydrogens (tertiary/aromatic N) is 2. The van der Waals surface area contributed by atoms with Gasteiger partial charge in [0.05, 0.1) is 36.2 Å². The van der Waals surface area contributed by atoms with Crippen LogP contribution in [0.15, 0.2) is 54.6 Å². The number of amides is 1. The number of aromatic nitrogens is 1. The standard InChI is InChI=1S/C28H31ClN2O3/c1-17(2)30-24(22-6-4-5-7-25(22)34-3)16-23-27(30)26(18-8-10-19(29)11-9-18)31(28(23)33)20-12-14-21(32)15-13-20/h4-11,16-17,20-21,26,32H,12-15H2,1-3H3/t20-,21-,26?. The second kappa shape index (κ2) is 9.12. The predicted octanol–water partition coefficient (Wildman–Crippen LogP) is 6.25. The summed E-state index contributed by atoms with van der Waals surface area (Å²) in [6.07, 6.45) is 2.79. The molecule has 1 atom stereocenters. The number of methoxy groups -OCH3 is 1. The Morgan fingerprint density at radius 1 is 1.00 bits per heavy atom. The second-order valence-corrected chi connectivity index (χ2v) is 10.1. The Hall–Kier alpha value is -2.76. The Morgan fingerprint density at radius 3 is 2.32 bits per heavy atom. The maximum atomic E-state index is 14.0. The zero-order valence-electron chi connectivity index (χ0n) is 19.9. The minimum absolute atomic E-state index is 0.0619. The smallest absolute Gasteiger partial charge is 0.256 e. The van der Waals surface area contributed by atoms with Crippen LogP contribution in [-0.2, 0) is 0 Å². The van der Waals surface area contributed by atoms with Gasteiger partial charge in [-0.3, -0.25) is 4.79 Å². The molecule has 1 unspecified atom stereocenters. The van der Waals surface area contributed by atoms with E-state index >= 15 is 0 Å². The van der Waals surface area contributed by atoms with Gasteiger partial charge in [-0.05, 0) is 75.4 Å². The van der Waals surface area contributed by atoms with E-state index in [9.17, 15) is 9.90 Å². The summed E-state index contributed by atoms with van der Waals surface area (Å²) in [5, 5.41) is 10.8. The topological polar surface area (TPSA) is 54.7 Å². The lowest BCUT2D eigenvalue weighted by Gasteiger charge is -2.38. The molecule has 34 heavy (non-hydrogen) atoms. The van der Waals surface area contributed by atoms with E-state index in [-0.39, 0.29) is 30.1 Å². The molecule has 0 bridgehead atoms. The number of aliphatic hydroxyl groups excluding tert-OH is 1. The number of carbonyl (C=O) groups is 1. The molecule has 0 spiro atoms. The highest BCUT2D eigenvalue weighted by Crippen LogP contribution is 2.47. The van der Waals surface area contributed by atoms with Crippen LogP contribution in [0.3, 0.4) is 0 Å². The highest BCUT2D eigenvalue weighted by molar-refractivity contribution is 6.30. The van der Waals surface area contributed by atoms with Gasteiger partial charge in [0, 0.05) is 22.7 Å². The van der Waals surface area contributed by atoms with E-state index in [0.717, 1.165) is 59.5 Å². The summed E-state index contributed by atoms with van der Waals surface area (Å²) in [5.74, 6) is 0.848. The molecule has 5 nitrogen and oxygen atoms in total. The number of halogens is 1. The van der Waals surface area contributed by atoms with Crippen molar-refractivity contribution in [3.05, 3.63) is 76.4 Å². The third kappa shape index (κ3) is 3.81. The fourth-order valence-corrected chi connectivity index (χ4v) is 5.80. The van der Waals surface area contributed by atoms with Crippen LogP contribution < -0.4 is 4.74 Å². The molecular weight excluding hydrogens is 448 g/mol. The first-order valence-corrected chi connectivity index (χ1v) is 12.4. The summed E-state index contributed by atoms with van der Waals surface area (Å²) in [6, 6.07) is 17.9. The van der Waals surface area contributed by atoms with Crippen LogP contribution in [0.1, 0.15) is 73.2 Å². The molecule has 178 valence electrons. The first-order chi connectivity index (χ1) is 16.4. The van der Waals surface area contributed by atoms with E-state index in [4.69, 9.17) is 16.3 Å². The Kier molecular flexibility index (Phi) is 6.17. The highest BCUT2D eigenvalue weighted by atomic mass is 35.5. The summed E-state index contributed by atoms with van der Waals surface area (Å²) in [7, 11) is 1.68. The molecule has 1 saturated carbocycles. The molecule has 5 rings (SSSR count). The second-order valence-electron chi connectivity index (χ2n) is 9.62. The molecule has 6 heteroatoms. The number of hydrogen-bond donors (Lipinski definition) is 1. The summed E-state index contributed by atoms with van der Waals surface area (Å²) >= 11 is 6.22. The summed E-state index contributed by atoms with van der Waals surface area (Å²) in [4.78, 5) is 16.1. The SMILES string of the molecule is COc1ccccc1-c1cc2c(n1C(C)C)C(c1ccc(Cl)cc1)N([C@H]1CC[C@H](O)CC1)C2=O. The highest BCUT2D eigenvalue weighted by Gasteiger charge is 2.46. The zero-order chi connectivity index (χ0) is 24.0. The molecule has 0 radical (unpaired) electrons. The van der Waals surface area contributed by atoms with Gasteiger partial charge in [-0.15, -0.1) is 0 Å². The molecule has 2 aromatic carbocycles. The van der Waals surface area contributed by atoms with Gasteiger partial charge in [0.15, 0.2) is 0 Å². The molecule has 1 amide bonds. The van der Waals surface area contributed by atoms with Crippen LogP contribution in [0.25, 0.3) is 11.3 Å². The monoisotopic (exact) mass is 478 g/mol. The van der Waals surface area contributed by atoms with Crippen molar-refractivity contribution in [2.45, 2.75) is 63.8 Å². The molecule has 1 N–H and O–H groups in total. The van der Waals surface area contributed by atoms with Gasteiger partial charge in [-0.1, -0.05) is 35.9 Å². The number of para-hydroxylation sites is 1. The van der Waals surface area contributed by atoms with E-state index in [1.165, 1.54) is 0 Å². The minimum atomic E-state index is -0.271. The normalized spacial score (nSPS) is 22.4. The van der Waals surface area contributed by atoms with Crippen LogP contribution in [0.2, 0.25) is 5.02 Å². The van der Waals surface area contributed by atoms with Gasteiger partial charge in [-0.25, -0.2) is 0 Å². The lowest BCUT2D eigenvalue weighted by molar-refractivity contribution is 0.0458. The van der Waals surface area contributed by atoms with Crippen molar-refractivity contribution >= 4 is 17.5 Å². The zero-order valence-corrected chi connectivity index (χ0v) is 20.6. The number of ether oxygens (including phenoxy) is 1. The molecule has 3 aromatic rings. The Labute approximate surface area is 205 Å². The summed E-state index contributed by atoms with van der Waals surface area (Å²) < 4.78 is 7.96. The molecule has 1 aliphatic heterocycles. The van der Waals surface area contributed by atoms with E-state index in [1.807, 2.05) is 54.6 Å². The Bertz CT molecular complexity index is 1190. The molecule has 2 aliphatic rings. The van der Waals surface area contributed by atoms with Gasteiger partial charge in [0.25, 0.3) is 5.91 Å². The first-order valence-electron chi connectivity index (χ1n) is 12.1. The third-order valence-electron chi connectivity index (χ3n) is 7.22. The van der Waals surface area contributed by atoms with E-state index in [0.29, 0.717) is 5.02 Å². The fraction of sp³-hybridized carbons (Fsp3) is 0.393. The van der Waals surface area contributed by atoms with Crippen LogP contribution >= 0.6 is 11.6 Å². The molecule has 0 saturated heterocycles. The lowest BCUT2D eigenvalue weighted by Crippen LogP contribution is -2.42. The van der Waals surface area contributed by atoms with Gasteiger partial charge < -0.3 is 19.3 Å². The number of aliphatic hydroxyl groups is 1. The van der Waals surface area contributed by atoms with Crippen molar-refractivity contribution in [2.24, 2.45) is 0 Å². The largest absolute Gasteiger partial charge is 0.496 e. The van der Waals surface area contributed by atoms with Crippen molar-refractivity contribution in [3.8, 4) is 17.0 Å². The Balaban J connectivity index is 1.70.